The molecule has 0 radical (unpaired) electrons. The Hall–Kier alpha value is -1.79. The van der Waals surface area contributed by atoms with Crippen molar-refractivity contribution in [1.82, 2.24) is 10.2 Å². The van der Waals surface area contributed by atoms with Crippen molar-refractivity contribution in [2.45, 2.75) is 32.1 Å². The first-order valence-electron chi connectivity index (χ1n) is 9.14. The average Bonchev–Trinajstić information content (AvgIpc) is 2.66. The summed E-state index contributed by atoms with van der Waals surface area (Å²) in [6.45, 7) is 2.89. The number of hydrogen-bond donors (Lipinski definition) is 2. The molecule has 1 aliphatic rings. The van der Waals surface area contributed by atoms with E-state index in [4.69, 9.17) is 10.5 Å². The van der Waals surface area contributed by atoms with Crippen LogP contribution in [0, 0.1) is 5.92 Å². The van der Waals surface area contributed by atoms with E-state index in [1.165, 1.54) is 0 Å². The van der Waals surface area contributed by atoms with Crippen molar-refractivity contribution in [2.24, 2.45) is 11.7 Å². The summed E-state index contributed by atoms with van der Waals surface area (Å²) < 4.78 is 5.58. The summed E-state index contributed by atoms with van der Waals surface area (Å²) in [5.74, 6) is 0.765. The van der Waals surface area contributed by atoms with Gasteiger partial charge >= 0.3 is 0 Å². The van der Waals surface area contributed by atoms with Crippen LogP contribution in [-0.2, 0) is 9.59 Å². The van der Waals surface area contributed by atoms with Gasteiger partial charge in [-0.1, -0.05) is 18.2 Å². The maximum atomic E-state index is 12.4. The molecule has 1 aromatic rings. The summed E-state index contributed by atoms with van der Waals surface area (Å²) >= 11 is 0. The lowest BCUT2D eigenvalue weighted by Gasteiger charge is -2.32. The highest BCUT2D eigenvalue weighted by Crippen LogP contribution is 2.18. The van der Waals surface area contributed by atoms with Gasteiger partial charge in [0, 0.05) is 19.6 Å². The van der Waals surface area contributed by atoms with Gasteiger partial charge in [-0.15, -0.1) is 12.4 Å². The molecular weight excluding hydrogens is 354 g/mol. The maximum absolute atomic E-state index is 12.4. The minimum atomic E-state index is -0.106. The Kier molecular flexibility index (Phi) is 10.7. The van der Waals surface area contributed by atoms with E-state index in [1.807, 2.05) is 30.3 Å². The zero-order valence-corrected chi connectivity index (χ0v) is 16.0. The van der Waals surface area contributed by atoms with Gasteiger partial charge in [-0.2, -0.15) is 0 Å². The van der Waals surface area contributed by atoms with Crippen molar-refractivity contribution in [3.8, 4) is 5.75 Å². The van der Waals surface area contributed by atoms with Crippen LogP contribution in [0.3, 0.4) is 0 Å². The SMILES string of the molecule is Cl.NCCCCNC(=O)C1CCCN(C(=O)CCOc2ccccc2)C1. The van der Waals surface area contributed by atoms with E-state index >= 15 is 0 Å². The number of nitrogens with two attached hydrogens (primary N) is 1. The highest BCUT2D eigenvalue weighted by atomic mass is 35.5. The zero-order valence-electron chi connectivity index (χ0n) is 15.2. The van der Waals surface area contributed by atoms with Crippen LogP contribution in [0.15, 0.2) is 30.3 Å². The van der Waals surface area contributed by atoms with Crippen molar-refractivity contribution >= 4 is 24.2 Å². The van der Waals surface area contributed by atoms with Crippen LogP contribution in [0.5, 0.6) is 5.75 Å². The number of benzene rings is 1. The van der Waals surface area contributed by atoms with Gasteiger partial charge in [0.1, 0.15) is 5.75 Å². The quantitative estimate of drug-likeness (QED) is 0.638. The summed E-state index contributed by atoms with van der Waals surface area (Å²) in [5, 5.41) is 2.95. The van der Waals surface area contributed by atoms with Crippen LogP contribution in [0.1, 0.15) is 32.1 Å². The molecule has 3 N–H and O–H groups in total. The summed E-state index contributed by atoms with van der Waals surface area (Å²) in [6, 6.07) is 9.47. The molecule has 1 heterocycles. The number of hydrogen-bond acceptors (Lipinski definition) is 4. The molecule has 0 spiro atoms. The highest BCUT2D eigenvalue weighted by Gasteiger charge is 2.27. The highest BCUT2D eigenvalue weighted by molar-refractivity contribution is 5.85. The van der Waals surface area contributed by atoms with Gasteiger partial charge in [-0.05, 0) is 44.4 Å². The van der Waals surface area contributed by atoms with Crippen molar-refractivity contribution in [3.63, 3.8) is 0 Å². The van der Waals surface area contributed by atoms with E-state index in [2.05, 4.69) is 5.32 Å². The number of amides is 2. The number of ether oxygens (including phenoxy) is 1. The number of nitrogens with zero attached hydrogens (tertiary/aromatic N) is 1. The van der Waals surface area contributed by atoms with Crippen LogP contribution in [0.2, 0.25) is 0 Å². The number of likely N-dealkylation sites (tertiary alicyclic amines) is 1. The van der Waals surface area contributed by atoms with Crippen molar-refractivity contribution in [2.75, 3.05) is 32.8 Å². The van der Waals surface area contributed by atoms with Gasteiger partial charge in [0.05, 0.1) is 18.9 Å². The number of nitrogens with one attached hydrogen (secondary N) is 1. The van der Waals surface area contributed by atoms with Crippen LogP contribution < -0.4 is 15.8 Å². The monoisotopic (exact) mass is 383 g/mol. The molecule has 0 bridgehead atoms. The summed E-state index contributed by atoms with van der Waals surface area (Å²) in [4.78, 5) is 26.4. The van der Waals surface area contributed by atoms with Crippen LogP contribution >= 0.6 is 12.4 Å². The molecule has 26 heavy (non-hydrogen) atoms. The molecule has 1 unspecified atom stereocenters. The molecule has 0 aliphatic carbocycles. The molecule has 1 fully saturated rings. The van der Waals surface area contributed by atoms with Crippen molar-refractivity contribution in [3.05, 3.63) is 30.3 Å². The second-order valence-electron chi connectivity index (χ2n) is 6.38. The van der Waals surface area contributed by atoms with Crippen LogP contribution in [0.4, 0.5) is 0 Å². The molecule has 1 saturated heterocycles. The zero-order chi connectivity index (χ0) is 17.9. The molecule has 1 atom stereocenters. The fraction of sp³-hybridized carbons (Fsp3) is 0.579. The smallest absolute Gasteiger partial charge is 0.226 e. The van der Waals surface area contributed by atoms with Crippen LogP contribution in [-0.4, -0.2) is 49.5 Å². The Bertz CT molecular complexity index is 542. The number of carbonyl (C=O) groups is 2. The van der Waals surface area contributed by atoms with E-state index in [0.29, 0.717) is 32.7 Å². The fourth-order valence-corrected chi connectivity index (χ4v) is 2.97. The summed E-state index contributed by atoms with van der Waals surface area (Å²) in [6.07, 6.45) is 3.85. The molecule has 0 saturated carbocycles. The second-order valence-corrected chi connectivity index (χ2v) is 6.38. The lowest BCUT2D eigenvalue weighted by Crippen LogP contribution is -2.45. The summed E-state index contributed by atoms with van der Waals surface area (Å²) in [7, 11) is 0. The Morgan fingerprint density at radius 2 is 2.00 bits per heavy atom. The molecular formula is C19H30ClN3O3. The minimum Gasteiger partial charge on any atom is -0.493 e. The Labute approximate surface area is 161 Å². The molecule has 2 amide bonds. The number of unbranched alkanes of at least 4 members (excludes halogenated alkanes) is 1. The third kappa shape index (κ3) is 7.62. The first-order valence-corrected chi connectivity index (χ1v) is 9.14. The van der Waals surface area contributed by atoms with Gasteiger partial charge in [0.15, 0.2) is 0 Å². The molecule has 1 aliphatic heterocycles. The number of rotatable bonds is 9. The summed E-state index contributed by atoms with van der Waals surface area (Å²) in [5.41, 5.74) is 5.45. The third-order valence-electron chi connectivity index (χ3n) is 4.40. The molecule has 146 valence electrons. The van der Waals surface area contributed by atoms with Crippen molar-refractivity contribution in [1.29, 1.82) is 0 Å². The Morgan fingerprint density at radius 3 is 2.73 bits per heavy atom. The molecule has 7 heteroatoms. The molecule has 0 aromatic heterocycles. The Balaban J connectivity index is 0.00000338. The Morgan fingerprint density at radius 1 is 1.23 bits per heavy atom. The molecule has 6 nitrogen and oxygen atoms in total. The normalized spacial score (nSPS) is 16.5. The van der Waals surface area contributed by atoms with E-state index < -0.39 is 0 Å². The van der Waals surface area contributed by atoms with E-state index in [9.17, 15) is 9.59 Å². The molecule has 2 rings (SSSR count). The van der Waals surface area contributed by atoms with Gasteiger partial charge in [0.25, 0.3) is 0 Å². The predicted molar refractivity (Wildman–Crippen MR) is 104 cm³/mol. The van der Waals surface area contributed by atoms with E-state index in [1.54, 1.807) is 4.90 Å². The standard InChI is InChI=1S/C19H29N3O3.ClH/c20-11-4-5-12-21-19(24)16-7-6-13-22(15-16)18(23)10-14-25-17-8-2-1-3-9-17;/h1-3,8-9,16H,4-7,10-15,20H2,(H,21,24);1H. The van der Waals surface area contributed by atoms with Gasteiger partial charge in [0.2, 0.25) is 11.8 Å². The van der Waals surface area contributed by atoms with Gasteiger partial charge in [-0.25, -0.2) is 0 Å². The molecule has 1 aromatic carbocycles. The number of halogens is 1. The minimum absolute atomic E-state index is 0. The number of piperidine rings is 1. The van der Waals surface area contributed by atoms with Gasteiger partial charge < -0.3 is 20.7 Å². The third-order valence-corrected chi connectivity index (χ3v) is 4.40. The number of carbonyl (C=O) groups excluding carboxylic acids is 2. The maximum Gasteiger partial charge on any atom is 0.226 e. The van der Waals surface area contributed by atoms with Gasteiger partial charge in [-0.3, -0.25) is 9.59 Å². The van der Waals surface area contributed by atoms with Crippen LogP contribution in [0.25, 0.3) is 0 Å². The second kappa shape index (κ2) is 12.5. The average molecular weight is 384 g/mol. The largest absolute Gasteiger partial charge is 0.493 e. The number of para-hydroxylation sites is 1. The predicted octanol–water partition coefficient (Wildman–Crippen LogP) is 1.97. The van der Waals surface area contributed by atoms with Crippen molar-refractivity contribution < 1.29 is 14.3 Å². The lowest BCUT2D eigenvalue weighted by atomic mass is 9.97. The topological polar surface area (TPSA) is 84.7 Å². The first-order chi connectivity index (χ1) is 12.2. The lowest BCUT2D eigenvalue weighted by molar-refractivity contribution is -0.136. The fourth-order valence-electron chi connectivity index (χ4n) is 2.97. The first kappa shape index (κ1) is 22.3. The van der Waals surface area contributed by atoms with E-state index in [-0.39, 0.29) is 30.1 Å². The van der Waals surface area contributed by atoms with E-state index in [0.717, 1.165) is 38.0 Å².